The molecule has 2 aromatic heterocycles. The van der Waals surface area contributed by atoms with Crippen LogP contribution in [0.5, 0.6) is 0 Å². The number of carbonyl (C=O) groups is 1. The van der Waals surface area contributed by atoms with Gasteiger partial charge in [0.1, 0.15) is 23.3 Å². The van der Waals surface area contributed by atoms with E-state index < -0.39 is 6.04 Å². The molecule has 162 valence electrons. The van der Waals surface area contributed by atoms with E-state index in [1.54, 1.807) is 18.6 Å². The standard InChI is InChI=1S/C24H22ClN5O2/c25-23-19(2-1-8-27-23)20-14-28-24(22-18(20)7-9-26-21(22)15-31)29-16-3-5-17(6-4-16)30-10-12-32-13-11-30/h1-9,14-15,21,26H,10-13H2,(H,28,29). The summed E-state index contributed by atoms with van der Waals surface area (Å²) in [6.07, 6.45) is 8.00. The van der Waals surface area contributed by atoms with Gasteiger partial charge in [-0.3, -0.25) is 0 Å². The van der Waals surface area contributed by atoms with Crippen LogP contribution in [0.3, 0.4) is 0 Å². The molecule has 0 bridgehead atoms. The number of morpholine rings is 1. The number of pyridine rings is 2. The third-order valence-electron chi connectivity index (χ3n) is 5.69. The van der Waals surface area contributed by atoms with Crippen molar-refractivity contribution in [1.82, 2.24) is 15.3 Å². The third kappa shape index (κ3) is 3.92. The van der Waals surface area contributed by atoms with Crippen LogP contribution in [0.25, 0.3) is 17.2 Å². The van der Waals surface area contributed by atoms with Crippen LogP contribution in [0.2, 0.25) is 5.15 Å². The number of fused-ring (bicyclic) bond motifs is 1. The summed E-state index contributed by atoms with van der Waals surface area (Å²) in [6.45, 7) is 3.27. The summed E-state index contributed by atoms with van der Waals surface area (Å²) < 4.78 is 5.43. The second-order valence-electron chi connectivity index (χ2n) is 7.57. The Morgan fingerprint density at radius 1 is 1.12 bits per heavy atom. The number of hydrogen-bond donors (Lipinski definition) is 2. The van der Waals surface area contributed by atoms with E-state index in [0.29, 0.717) is 11.0 Å². The molecular weight excluding hydrogens is 426 g/mol. The number of carbonyl (C=O) groups excluding carboxylic acids is 1. The lowest BCUT2D eigenvalue weighted by Crippen LogP contribution is -2.36. The van der Waals surface area contributed by atoms with Gasteiger partial charge < -0.3 is 25.1 Å². The molecule has 1 saturated heterocycles. The van der Waals surface area contributed by atoms with Gasteiger partial charge in [0.2, 0.25) is 0 Å². The van der Waals surface area contributed by atoms with Gasteiger partial charge in [-0.2, -0.15) is 0 Å². The van der Waals surface area contributed by atoms with Gasteiger partial charge in [0.05, 0.1) is 13.2 Å². The molecule has 3 aromatic rings. The molecule has 2 aliphatic rings. The molecule has 0 radical (unpaired) electrons. The second-order valence-corrected chi connectivity index (χ2v) is 7.93. The first-order chi connectivity index (χ1) is 15.7. The fourth-order valence-corrected chi connectivity index (χ4v) is 4.30. The zero-order chi connectivity index (χ0) is 21.9. The first-order valence-corrected chi connectivity index (χ1v) is 10.8. The molecule has 1 atom stereocenters. The molecule has 0 spiro atoms. The van der Waals surface area contributed by atoms with E-state index in [1.807, 2.05) is 30.3 Å². The number of benzene rings is 1. The number of rotatable bonds is 5. The van der Waals surface area contributed by atoms with Crippen molar-refractivity contribution in [3.05, 3.63) is 71.3 Å². The van der Waals surface area contributed by atoms with Crippen molar-refractivity contribution < 1.29 is 9.53 Å². The van der Waals surface area contributed by atoms with E-state index in [4.69, 9.17) is 16.3 Å². The third-order valence-corrected chi connectivity index (χ3v) is 5.99. The van der Waals surface area contributed by atoms with E-state index in [2.05, 4.69) is 37.6 Å². The fraction of sp³-hybridized carbons (Fsp3) is 0.208. The second kappa shape index (κ2) is 8.98. The van der Waals surface area contributed by atoms with Gasteiger partial charge in [0.25, 0.3) is 0 Å². The molecule has 0 saturated carbocycles. The Hall–Kier alpha value is -3.42. The molecule has 8 heteroatoms. The summed E-state index contributed by atoms with van der Waals surface area (Å²) in [5.74, 6) is 0.622. The van der Waals surface area contributed by atoms with Gasteiger partial charge in [-0.15, -0.1) is 0 Å². The Morgan fingerprint density at radius 2 is 1.94 bits per heavy atom. The van der Waals surface area contributed by atoms with Crippen LogP contribution in [0.4, 0.5) is 17.2 Å². The summed E-state index contributed by atoms with van der Waals surface area (Å²) in [6, 6.07) is 11.4. The monoisotopic (exact) mass is 447 g/mol. The number of hydrogen-bond acceptors (Lipinski definition) is 7. The minimum atomic E-state index is -0.520. The van der Waals surface area contributed by atoms with Crippen molar-refractivity contribution in [1.29, 1.82) is 0 Å². The predicted molar refractivity (Wildman–Crippen MR) is 126 cm³/mol. The quantitative estimate of drug-likeness (QED) is 0.448. The maximum absolute atomic E-state index is 11.9. The average Bonchev–Trinajstić information content (AvgIpc) is 2.85. The average molecular weight is 448 g/mol. The van der Waals surface area contributed by atoms with Gasteiger partial charge in [-0.1, -0.05) is 11.6 Å². The largest absolute Gasteiger partial charge is 0.378 e. The molecule has 0 aliphatic carbocycles. The van der Waals surface area contributed by atoms with Crippen LogP contribution >= 0.6 is 11.6 Å². The zero-order valence-corrected chi connectivity index (χ0v) is 18.0. The van der Waals surface area contributed by atoms with Crippen LogP contribution in [0.1, 0.15) is 17.2 Å². The van der Waals surface area contributed by atoms with Crippen molar-refractivity contribution in [2.45, 2.75) is 6.04 Å². The highest BCUT2D eigenvalue weighted by molar-refractivity contribution is 6.32. The van der Waals surface area contributed by atoms with Crippen LogP contribution in [0, 0.1) is 0 Å². The van der Waals surface area contributed by atoms with Gasteiger partial charge >= 0.3 is 0 Å². The Morgan fingerprint density at radius 3 is 2.69 bits per heavy atom. The summed E-state index contributed by atoms with van der Waals surface area (Å²) in [7, 11) is 0. The highest BCUT2D eigenvalue weighted by atomic mass is 35.5. The SMILES string of the molecule is O=CC1NC=Cc2c(-c3cccnc3Cl)cnc(Nc3ccc(N4CCOCC4)cc3)c21. The summed E-state index contributed by atoms with van der Waals surface area (Å²) in [5, 5.41) is 6.88. The zero-order valence-electron chi connectivity index (χ0n) is 17.3. The van der Waals surface area contributed by atoms with Crippen LogP contribution in [-0.4, -0.2) is 42.6 Å². The first kappa shape index (κ1) is 20.5. The normalized spacial score (nSPS) is 17.4. The van der Waals surface area contributed by atoms with Gasteiger partial charge in [-0.05, 0) is 54.2 Å². The van der Waals surface area contributed by atoms with E-state index in [0.717, 1.165) is 66.2 Å². The molecular formula is C24H22ClN5O2. The molecule has 5 rings (SSSR count). The molecule has 1 aromatic carbocycles. The minimum Gasteiger partial charge on any atom is -0.378 e. The van der Waals surface area contributed by atoms with Crippen molar-refractivity contribution in [3.8, 4) is 11.1 Å². The Labute approximate surface area is 191 Å². The number of anilines is 3. The van der Waals surface area contributed by atoms with Gasteiger partial charge in [0.15, 0.2) is 0 Å². The lowest BCUT2D eigenvalue weighted by atomic mass is 9.92. The molecule has 0 amide bonds. The number of nitrogens with zero attached hydrogens (tertiary/aromatic N) is 3. The van der Waals surface area contributed by atoms with Crippen LogP contribution in [-0.2, 0) is 9.53 Å². The van der Waals surface area contributed by atoms with E-state index in [1.165, 1.54) is 0 Å². The van der Waals surface area contributed by atoms with Gasteiger partial charge in [-0.25, -0.2) is 9.97 Å². The molecule has 1 unspecified atom stereocenters. The minimum absolute atomic E-state index is 0.394. The Balaban J connectivity index is 1.50. The Bertz CT molecular complexity index is 1160. The van der Waals surface area contributed by atoms with Crippen molar-refractivity contribution in [2.24, 2.45) is 0 Å². The maximum Gasteiger partial charge on any atom is 0.146 e. The predicted octanol–water partition coefficient (Wildman–Crippen LogP) is 4.19. The van der Waals surface area contributed by atoms with Crippen molar-refractivity contribution >= 4 is 41.2 Å². The smallest absolute Gasteiger partial charge is 0.146 e. The molecule has 1 fully saturated rings. The first-order valence-electron chi connectivity index (χ1n) is 10.5. The lowest BCUT2D eigenvalue weighted by Gasteiger charge is -2.29. The summed E-state index contributed by atoms with van der Waals surface area (Å²) in [5.41, 5.74) is 5.32. The molecule has 2 N–H and O–H groups in total. The van der Waals surface area contributed by atoms with E-state index in [-0.39, 0.29) is 0 Å². The Kier molecular flexibility index (Phi) is 5.75. The number of ether oxygens (including phenoxy) is 1. The van der Waals surface area contributed by atoms with E-state index >= 15 is 0 Å². The number of halogens is 1. The molecule has 7 nitrogen and oxygen atoms in total. The highest BCUT2D eigenvalue weighted by Crippen LogP contribution is 2.38. The molecule has 32 heavy (non-hydrogen) atoms. The van der Waals surface area contributed by atoms with Gasteiger partial charge in [0, 0.05) is 53.5 Å². The van der Waals surface area contributed by atoms with Crippen LogP contribution in [0.15, 0.2) is 55.0 Å². The summed E-state index contributed by atoms with van der Waals surface area (Å²) in [4.78, 5) is 23.0. The lowest BCUT2D eigenvalue weighted by molar-refractivity contribution is -0.109. The van der Waals surface area contributed by atoms with Crippen molar-refractivity contribution in [3.63, 3.8) is 0 Å². The number of nitrogens with one attached hydrogen (secondary N) is 2. The van der Waals surface area contributed by atoms with E-state index in [9.17, 15) is 4.79 Å². The maximum atomic E-state index is 11.9. The molecule has 4 heterocycles. The summed E-state index contributed by atoms with van der Waals surface area (Å²) >= 11 is 6.34. The molecule has 2 aliphatic heterocycles. The highest BCUT2D eigenvalue weighted by Gasteiger charge is 2.25. The fourth-order valence-electron chi connectivity index (χ4n) is 4.08. The van der Waals surface area contributed by atoms with Crippen LogP contribution < -0.4 is 15.5 Å². The topological polar surface area (TPSA) is 79.4 Å². The van der Waals surface area contributed by atoms with Crippen molar-refractivity contribution in [2.75, 3.05) is 36.5 Å². The number of aldehydes is 1. The number of aromatic nitrogens is 2.